The molecular formula is C16H17N3O2S. The summed E-state index contributed by atoms with van der Waals surface area (Å²) < 4.78 is 22.5. The van der Waals surface area contributed by atoms with Crippen LogP contribution in [0, 0.1) is 0 Å². The highest BCUT2D eigenvalue weighted by molar-refractivity contribution is 7.88. The van der Waals surface area contributed by atoms with E-state index in [0.29, 0.717) is 5.56 Å². The minimum Gasteiger partial charge on any atom is -0.346 e. The third-order valence-electron chi connectivity index (χ3n) is 3.63. The molecule has 0 aliphatic rings. The van der Waals surface area contributed by atoms with E-state index in [1.807, 2.05) is 24.4 Å². The lowest BCUT2D eigenvalue weighted by Crippen LogP contribution is -2.14. The van der Waals surface area contributed by atoms with Crippen molar-refractivity contribution in [1.82, 2.24) is 9.97 Å². The molecule has 0 atom stereocenters. The molecule has 0 bridgehead atoms. The second kappa shape index (κ2) is 5.55. The van der Waals surface area contributed by atoms with Crippen LogP contribution >= 0.6 is 0 Å². The van der Waals surface area contributed by atoms with E-state index in [2.05, 4.69) is 23.0 Å². The Hall–Kier alpha value is -2.18. The number of fused-ring (bicyclic) bond motifs is 1. The lowest BCUT2D eigenvalue weighted by atomic mass is 10.0. The maximum Gasteiger partial charge on any atom is 0.213 e. The fourth-order valence-electron chi connectivity index (χ4n) is 2.58. The van der Waals surface area contributed by atoms with Gasteiger partial charge in [0.15, 0.2) is 0 Å². The number of aryl methyl sites for hydroxylation is 1. The molecule has 0 radical (unpaired) electrons. The number of nitrogens with one attached hydrogen (secondary N) is 1. The van der Waals surface area contributed by atoms with E-state index in [4.69, 9.17) is 5.14 Å². The lowest BCUT2D eigenvalue weighted by Gasteiger charge is -2.05. The second-order valence-electron chi connectivity index (χ2n) is 5.30. The van der Waals surface area contributed by atoms with Crippen LogP contribution in [0.1, 0.15) is 18.1 Å². The van der Waals surface area contributed by atoms with Gasteiger partial charge in [0.05, 0.1) is 5.75 Å². The molecule has 2 aromatic heterocycles. The molecule has 1 aromatic carbocycles. The maximum atomic E-state index is 11.2. The Bertz CT molecular complexity index is 929. The van der Waals surface area contributed by atoms with E-state index < -0.39 is 10.0 Å². The minimum atomic E-state index is -3.53. The van der Waals surface area contributed by atoms with Crippen molar-refractivity contribution in [3.8, 4) is 11.1 Å². The fourth-order valence-corrected chi connectivity index (χ4v) is 3.23. The summed E-state index contributed by atoms with van der Waals surface area (Å²) in [5.74, 6) is -0.166. The largest absolute Gasteiger partial charge is 0.346 e. The summed E-state index contributed by atoms with van der Waals surface area (Å²) in [6, 6.07) is 9.44. The van der Waals surface area contributed by atoms with E-state index in [0.717, 1.165) is 28.6 Å². The zero-order valence-electron chi connectivity index (χ0n) is 12.2. The summed E-state index contributed by atoms with van der Waals surface area (Å²) in [5, 5.41) is 6.20. The van der Waals surface area contributed by atoms with Crippen LogP contribution in [0.25, 0.3) is 22.2 Å². The van der Waals surface area contributed by atoms with Gasteiger partial charge in [-0.2, -0.15) is 0 Å². The Morgan fingerprint density at radius 1 is 1.23 bits per heavy atom. The molecule has 114 valence electrons. The van der Waals surface area contributed by atoms with E-state index in [1.165, 1.54) is 5.56 Å². The van der Waals surface area contributed by atoms with Gasteiger partial charge in [-0.15, -0.1) is 0 Å². The number of primary sulfonamides is 1. The summed E-state index contributed by atoms with van der Waals surface area (Å²) in [6.07, 6.45) is 4.68. The molecule has 3 aromatic rings. The average Bonchev–Trinajstić information content (AvgIpc) is 2.88. The normalized spacial score (nSPS) is 11.9. The Morgan fingerprint density at radius 2 is 2.05 bits per heavy atom. The number of aromatic nitrogens is 2. The van der Waals surface area contributed by atoms with E-state index in [-0.39, 0.29) is 5.75 Å². The van der Waals surface area contributed by atoms with Gasteiger partial charge in [-0.3, -0.25) is 0 Å². The molecule has 22 heavy (non-hydrogen) atoms. The van der Waals surface area contributed by atoms with Crippen molar-refractivity contribution in [2.45, 2.75) is 19.1 Å². The topological polar surface area (TPSA) is 88.8 Å². The van der Waals surface area contributed by atoms with Gasteiger partial charge < -0.3 is 4.98 Å². The van der Waals surface area contributed by atoms with Crippen LogP contribution in [-0.4, -0.2) is 18.4 Å². The minimum absolute atomic E-state index is 0.166. The molecule has 3 rings (SSSR count). The van der Waals surface area contributed by atoms with Crippen LogP contribution < -0.4 is 5.14 Å². The molecule has 5 nitrogen and oxygen atoms in total. The second-order valence-corrected chi connectivity index (χ2v) is 6.91. The van der Waals surface area contributed by atoms with Gasteiger partial charge in [0.1, 0.15) is 5.65 Å². The van der Waals surface area contributed by atoms with Gasteiger partial charge in [0.2, 0.25) is 10.0 Å². The van der Waals surface area contributed by atoms with Crippen molar-refractivity contribution in [3.05, 3.63) is 53.9 Å². The molecule has 3 N–H and O–H groups in total. The number of hydrogen-bond acceptors (Lipinski definition) is 3. The molecule has 0 saturated carbocycles. The molecule has 0 amide bonds. The Balaban J connectivity index is 2.05. The first kappa shape index (κ1) is 14.7. The van der Waals surface area contributed by atoms with Gasteiger partial charge in [-0.25, -0.2) is 18.5 Å². The van der Waals surface area contributed by atoms with E-state index >= 15 is 0 Å². The van der Waals surface area contributed by atoms with Crippen LogP contribution in [0.3, 0.4) is 0 Å². The Labute approximate surface area is 129 Å². The lowest BCUT2D eigenvalue weighted by molar-refractivity contribution is 0.597. The van der Waals surface area contributed by atoms with Crippen molar-refractivity contribution in [3.63, 3.8) is 0 Å². The van der Waals surface area contributed by atoms with Gasteiger partial charge in [-0.05, 0) is 29.2 Å². The standard InChI is InChI=1S/C16H17N3O2S/c1-2-12-8-18-16-15(12)7-14(9-19-16)13-5-3-4-11(6-13)10-22(17,20)21/h3-9H,2,10H2,1H3,(H,18,19)(H2,17,20,21). The van der Waals surface area contributed by atoms with Crippen LogP contribution in [0.15, 0.2) is 42.7 Å². The highest BCUT2D eigenvalue weighted by Gasteiger charge is 2.09. The van der Waals surface area contributed by atoms with Crippen molar-refractivity contribution in [1.29, 1.82) is 0 Å². The summed E-state index contributed by atoms with van der Waals surface area (Å²) >= 11 is 0. The zero-order chi connectivity index (χ0) is 15.7. The highest BCUT2D eigenvalue weighted by atomic mass is 32.2. The number of rotatable bonds is 4. The van der Waals surface area contributed by atoms with Gasteiger partial charge in [-0.1, -0.05) is 31.2 Å². The Kier molecular flexibility index (Phi) is 3.72. The zero-order valence-corrected chi connectivity index (χ0v) is 13.0. The van der Waals surface area contributed by atoms with Crippen LogP contribution in [0.5, 0.6) is 0 Å². The smallest absolute Gasteiger partial charge is 0.213 e. The summed E-state index contributed by atoms with van der Waals surface area (Å²) in [6.45, 7) is 2.10. The van der Waals surface area contributed by atoms with Crippen molar-refractivity contribution in [2.75, 3.05) is 0 Å². The number of hydrogen-bond donors (Lipinski definition) is 2. The molecule has 6 heteroatoms. The number of H-pyrrole nitrogens is 1. The quantitative estimate of drug-likeness (QED) is 0.775. The molecular weight excluding hydrogens is 298 g/mol. The predicted octanol–water partition coefficient (Wildman–Crippen LogP) is 2.58. The van der Waals surface area contributed by atoms with Crippen LogP contribution in [0.2, 0.25) is 0 Å². The number of aromatic amines is 1. The molecule has 0 saturated heterocycles. The number of nitrogens with two attached hydrogens (primary N) is 1. The molecule has 0 unspecified atom stereocenters. The van der Waals surface area contributed by atoms with Crippen LogP contribution in [0.4, 0.5) is 0 Å². The molecule has 2 heterocycles. The van der Waals surface area contributed by atoms with Gasteiger partial charge in [0, 0.05) is 23.3 Å². The highest BCUT2D eigenvalue weighted by Crippen LogP contribution is 2.25. The van der Waals surface area contributed by atoms with Crippen molar-refractivity contribution < 1.29 is 8.42 Å². The first-order valence-electron chi connectivity index (χ1n) is 7.02. The van der Waals surface area contributed by atoms with Gasteiger partial charge >= 0.3 is 0 Å². The van der Waals surface area contributed by atoms with Gasteiger partial charge in [0.25, 0.3) is 0 Å². The first-order valence-corrected chi connectivity index (χ1v) is 8.73. The SMILES string of the molecule is CCc1c[nH]c2ncc(-c3cccc(CS(N)(=O)=O)c3)cc12. The van der Waals surface area contributed by atoms with E-state index in [9.17, 15) is 8.42 Å². The number of sulfonamides is 1. The summed E-state index contributed by atoms with van der Waals surface area (Å²) in [4.78, 5) is 7.59. The number of nitrogens with zero attached hydrogens (tertiary/aromatic N) is 1. The van der Waals surface area contributed by atoms with Crippen molar-refractivity contribution in [2.24, 2.45) is 5.14 Å². The first-order chi connectivity index (χ1) is 10.5. The molecule has 0 fully saturated rings. The maximum absolute atomic E-state index is 11.2. The predicted molar refractivity (Wildman–Crippen MR) is 87.7 cm³/mol. The van der Waals surface area contributed by atoms with E-state index in [1.54, 1.807) is 12.3 Å². The van der Waals surface area contributed by atoms with Crippen molar-refractivity contribution >= 4 is 21.1 Å². The molecule has 0 aliphatic heterocycles. The number of benzene rings is 1. The molecule has 0 spiro atoms. The average molecular weight is 315 g/mol. The third kappa shape index (κ3) is 3.03. The molecule has 0 aliphatic carbocycles. The third-order valence-corrected chi connectivity index (χ3v) is 4.36. The summed E-state index contributed by atoms with van der Waals surface area (Å²) in [5.41, 5.74) is 4.63. The Morgan fingerprint density at radius 3 is 2.77 bits per heavy atom. The summed E-state index contributed by atoms with van der Waals surface area (Å²) in [7, 11) is -3.53. The monoisotopic (exact) mass is 315 g/mol. The fraction of sp³-hybridized carbons (Fsp3) is 0.188. The van der Waals surface area contributed by atoms with Crippen LogP contribution in [-0.2, 0) is 22.2 Å². The number of pyridine rings is 1.